The molecule has 1 unspecified atom stereocenters. The highest BCUT2D eigenvalue weighted by Crippen LogP contribution is 2.27. The van der Waals surface area contributed by atoms with Crippen LogP contribution in [0.25, 0.3) is 0 Å². The second kappa shape index (κ2) is 3.50. The molecule has 0 aliphatic carbocycles. The Labute approximate surface area is 95.1 Å². The van der Waals surface area contributed by atoms with E-state index >= 15 is 0 Å². The SMILES string of the molecule is CN1CCC=C1CC1(C)NC(=O)N(C)C1=O. The van der Waals surface area contributed by atoms with E-state index in [0.29, 0.717) is 6.42 Å². The lowest BCUT2D eigenvalue weighted by Gasteiger charge is -2.25. The molecular formula is C11H17N3O2. The number of amides is 3. The predicted octanol–water partition coefficient (Wildman–Crippen LogP) is 0.536. The number of hydrogen-bond acceptors (Lipinski definition) is 3. The molecular weight excluding hydrogens is 206 g/mol. The summed E-state index contributed by atoms with van der Waals surface area (Å²) in [6, 6.07) is -0.311. The molecule has 1 N–H and O–H groups in total. The minimum atomic E-state index is -0.781. The monoisotopic (exact) mass is 223 g/mol. The van der Waals surface area contributed by atoms with E-state index in [0.717, 1.165) is 23.6 Å². The van der Waals surface area contributed by atoms with Gasteiger partial charge in [-0.1, -0.05) is 6.08 Å². The van der Waals surface area contributed by atoms with E-state index in [1.54, 1.807) is 6.92 Å². The minimum absolute atomic E-state index is 0.154. The Balaban J connectivity index is 2.15. The van der Waals surface area contributed by atoms with Gasteiger partial charge in [-0.15, -0.1) is 0 Å². The topological polar surface area (TPSA) is 52.7 Å². The van der Waals surface area contributed by atoms with Crippen molar-refractivity contribution in [2.45, 2.75) is 25.3 Å². The lowest BCUT2D eigenvalue weighted by molar-refractivity contribution is -0.129. The summed E-state index contributed by atoms with van der Waals surface area (Å²) in [4.78, 5) is 26.6. The summed E-state index contributed by atoms with van der Waals surface area (Å²) < 4.78 is 0. The molecule has 1 fully saturated rings. The van der Waals surface area contributed by atoms with Crippen LogP contribution < -0.4 is 5.32 Å². The number of hydrogen-bond donors (Lipinski definition) is 1. The molecule has 0 radical (unpaired) electrons. The molecule has 3 amide bonds. The molecule has 2 aliphatic heterocycles. The predicted molar refractivity (Wildman–Crippen MR) is 59.7 cm³/mol. The molecule has 0 spiro atoms. The van der Waals surface area contributed by atoms with Crippen molar-refractivity contribution in [3.8, 4) is 0 Å². The number of likely N-dealkylation sites (N-methyl/N-ethyl adjacent to an activating group) is 1. The highest BCUT2D eigenvalue weighted by molar-refractivity contribution is 6.06. The van der Waals surface area contributed by atoms with E-state index in [-0.39, 0.29) is 11.9 Å². The molecule has 88 valence electrons. The molecule has 0 aromatic rings. The van der Waals surface area contributed by atoms with Gasteiger partial charge in [0.05, 0.1) is 0 Å². The van der Waals surface area contributed by atoms with Crippen molar-refractivity contribution in [2.75, 3.05) is 20.6 Å². The Bertz CT molecular complexity index is 377. The molecule has 1 saturated heterocycles. The summed E-state index contributed by atoms with van der Waals surface area (Å²) in [5, 5.41) is 2.75. The highest BCUT2D eigenvalue weighted by Gasteiger charge is 2.46. The standard InChI is InChI=1S/C11H17N3O2/c1-11(7-8-5-4-6-13(8)2)9(15)14(3)10(16)12-11/h5H,4,6-7H2,1-3H3,(H,12,16). The van der Waals surface area contributed by atoms with E-state index < -0.39 is 5.54 Å². The van der Waals surface area contributed by atoms with Gasteiger partial charge in [-0.25, -0.2) is 4.79 Å². The fourth-order valence-corrected chi connectivity index (χ4v) is 2.25. The van der Waals surface area contributed by atoms with Crippen molar-refractivity contribution in [3.05, 3.63) is 11.8 Å². The van der Waals surface area contributed by atoms with Crippen molar-refractivity contribution >= 4 is 11.9 Å². The van der Waals surface area contributed by atoms with E-state index in [1.165, 1.54) is 7.05 Å². The van der Waals surface area contributed by atoms with Gasteiger partial charge in [0.25, 0.3) is 5.91 Å². The van der Waals surface area contributed by atoms with Crippen LogP contribution in [-0.2, 0) is 4.79 Å². The average molecular weight is 223 g/mol. The molecule has 1 atom stereocenters. The molecule has 5 nitrogen and oxygen atoms in total. The third-order valence-electron chi connectivity index (χ3n) is 3.33. The van der Waals surface area contributed by atoms with Crippen molar-refractivity contribution < 1.29 is 9.59 Å². The van der Waals surface area contributed by atoms with E-state index in [9.17, 15) is 9.59 Å². The van der Waals surface area contributed by atoms with Gasteiger partial charge in [0.15, 0.2) is 0 Å². The smallest absolute Gasteiger partial charge is 0.324 e. The Hall–Kier alpha value is -1.52. The first-order valence-corrected chi connectivity index (χ1v) is 5.44. The van der Waals surface area contributed by atoms with Crippen LogP contribution in [0.1, 0.15) is 19.8 Å². The van der Waals surface area contributed by atoms with Gasteiger partial charge in [-0.05, 0) is 13.3 Å². The first kappa shape index (κ1) is 11.0. The van der Waals surface area contributed by atoms with Crippen LogP contribution in [0.4, 0.5) is 4.79 Å². The zero-order valence-electron chi connectivity index (χ0n) is 9.91. The van der Waals surface area contributed by atoms with Crippen LogP contribution in [0.3, 0.4) is 0 Å². The number of urea groups is 1. The summed E-state index contributed by atoms with van der Waals surface area (Å²) in [5.41, 5.74) is 0.349. The molecule has 2 heterocycles. The van der Waals surface area contributed by atoms with Gasteiger partial charge in [-0.2, -0.15) is 0 Å². The van der Waals surface area contributed by atoms with Crippen LogP contribution in [0.5, 0.6) is 0 Å². The number of carbonyl (C=O) groups is 2. The molecule has 5 heteroatoms. The van der Waals surface area contributed by atoms with Crippen molar-refractivity contribution in [1.82, 2.24) is 15.1 Å². The lowest BCUT2D eigenvalue weighted by atomic mass is 9.95. The Morgan fingerprint density at radius 1 is 1.44 bits per heavy atom. The number of nitrogens with zero attached hydrogens (tertiary/aromatic N) is 2. The number of imide groups is 1. The van der Waals surface area contributed by atoms with E-state index in [1.807, 2.05) is 7.05 Å². The molecule has 0 bridgehead atoms. The lowest BCUT2D eigenvalue weighted by Crippen LogP contribution is -2.45. The van der Waals surface area contributed by atoms with E-state index in [2.05, 4.69) is 16.3 Å². The fourth-order valence-electron chi connectivity index (χ4n) is 2.25. The zero-order chi connectivity index (χ0) is 11.9. The zero-order valence-corrected chi connectivity index (χ0v) is 9.91. The molecule has 0 aromatic heterocycles. The minimum Gasteiger partial charge on any atom is -0.378 e. The Morgan fingerprint density at radius 2 is 2.12 bits per heavy atom. The highest BCUT2D eigenvalue weighted by atomic mass is 16.2. The van der Waals surface area contributed by atoms with Gasteiger partial charge in [0.2, 0.25) is 0 Å². The van der Waals surface area contributed by atoms with Gasteiger partial charge in [0.1, 0.15) is 5.54 Å². The maximum atomic E-state index is 11.9. The van der Waals surface area contributed by atoms with Crippen LogP contribution in [0.2, 0.25) is 0 Å². The van der Waals surface area contributed by atoms with Crippen LogP contribution in [-0.4, -0.2) is 47.9 Å². The second-order valence-corrected chi connectivity index (χ2v) is 4.71. The van der Waals surface area contributed by atoms with Gasteiger partial charge in [-0.3, -0.25) is 9.69 Å². The molecule has 0 saturated carbocycles. The summed E-state index contributed by atoms with van der Waals surface area (Å²) in [7, 11) is 3.52. The maximum absolute atomic E-state index is 11.9. The molecule has 2 aliphatic rings. The Kier molecular flexibility index (Phi) is 2.40. The van der Waals surface area contributed by atoms with E-state index in [4.69, 9.17) is 0 Å². The van der Waals surface area contributed by atoms with Crippen LogP contribution in [0.15, 0.2) is 11.8 Å². The first-order chi connectivity index (χ1) is 7.44. The quantitative estimate of drug-likeness (QED) is 0.695. The number of rotatable bonds is 2. The van der Waals surface area contributed by atoms with Crippen molar-refractivity contribution in [3.63, 3.8) is 0 Å². The third-order valence-corrected chi connectivity index (χ3v) is 3.33. The summed E-state index contributed by atoms with van der Waals surface area (Å²) in [6.45, 7) is 2.77. The molecule has 0 aromatic carbocycles. The number of carbonyl (C=O) groups excluding carboxylic acids is 2. The first-order valence-electron chi connectivity index (χ1n) is 5.44. The fraction of sp³-hybridized carbons (Fsp3) is 0.636. The van der Waals surface area contributed by atoms with Crippen LogP contribution in [0, 0.1) is 0 Å². The average Bonchev–Trinajstić information content (AvgIpc) is 2.68. The second-order valence-electron chi connectivity index (χ2n) is 4.71. The summed E-state index contributed by atoms with van der Waals surface area (Å²) >= 11 is 0. The maximum Gasteiger partial charge on any atom is 0.324 e. The largest absolute Gasteiger partial charge is 0.378 e. The molecule has 16 heavy (non-hydrogen) atoms. The van der Waals surface area contributed by atoms with Gasteiger partial charge in [0, 0.05) is 32.8 Å². The van der Waals surface area contributed by atoms with Crippen molar-refractivity contribution in [2.24, 2.45) is 0 Å². The van der Waals surface area contributed by atoms with Gasteiger partial charge >= 0.3 is 6.03 Å². The summed E-state index contributed by atoms with van der Waals surface area (Å²) in [6.07, 6.45) is 3.71. The Morgan fingerprint density at radius 3 is 2.56 bits per heavy atom. The normalized spacial score (nSPS) is 29.8. The van der Waals surface area contributed by atoms with Crippen LogP contribution >= 0.6 is 0 Å². The molecule has 2 rings (SSSR count). The summed E-state index contributed by atoms with van der Waals surface area (Å²) in [5.74, 6) is -0.154. The number of nitrogens with one attached hydrogen (secondary N) is 1. The van der Waals surface area contributed by atoms with Crippen molar-refractivity contribution in [1.29, 1.82) is 0 Å². The van der Waals surface area contributed by atoms with Gasteiger partial charge < -0.3 is 10.2 Å². The third kappa shape index (κ3) is 1.56.